The molecule has 0 radical (unpaired) electrons. The summed E-state index contributed by atoms with van der Waals surface area (Å²) in [4.78, 5) is 29.4. The van der Waals surface area contributed by atoms with Crippen molar-refractivity contribution in [3.8, 4) is 11.4 Å². The third-order valence-corrected chi connectivity index (χ3v) is 6.50. The van der Waals surface area contributed by atoms with E-state index in [1.165, 1.54) is 5.69 Å². The second-order valence-electron chi connectivity index (χ2n) is 7.42. The number of rotatable bonds is 2. The average Bonchev–Trinajstić information content (AvgIpc) is 3.24. The fraction of sp³-hybridized carbons (Fsp3) is 0.300. The molecule has 4 N–H and O–H groups in total. The summed E-state index contributed by atoms with van der Waals surface area (Å²) in [6, 6.07) is 8.15. The molecule has 7 nitrogen and oxygen atoms in total. The second-order valence-corrected chi connectivity index (χ2v) is 8.68. The lowest BCUT2D eigenvalue weighted by Gasteiger charge is -2.34. The Balaban J connectivity index is 1.59. The highest BCUT2D eigenvalue weighted by molar-refractivity contribution is 7.19. The van der Waals surface area contributed by atoms with Crippen LogP contribution in [0.3, 0.4) is 0 Å². The van der Waals surface area contributed by atoms with Crippen molar-refractivity contribution in [2.24, 2.45) is 0 Å². The van der Waals surface area contributed by atoms with Gasteiger partial charge in [0, 0.05) is 36.7 Å². The molecule has 0 unspecified atom stereocenters. The molecule has 1 aliphatic rings. The van der Waals surface area contributed by atoms with Crippen LogP contribution in [0.25, 0.3) is 32.6 Å². The number of aromatic amines is 2. The lowest BCUT2D eigenvalue weighted by atomic mass is 10.2. The van der Waals surface area contributed by atoms with Crippen LogP contribution >= 0.6 is 11.3 Å². The largest absolute Gasteiger partial charge is 0.397 e. The lowest BCUT2D eigenvalue weighted by molar-refractivity contribution is 0.313. The van der Waals surface area contributed by atoms with Gasteiger partial charge in [0.2, 0.25) is 0 Å². The van der Waals surface area contributed by atoms with Gasteiger partial charge in [0.1, 0.15) is 11.4 Å². The number of anilines is 2. The van der Waals surface area contributed by atoms with E-state index in [0.717, 1.165) is 52.3 Å². The van der Waals surface area contributed by atoms with E-state index >= 15 is 0 Å². The molecule has 8 heteroatoms. The molecule has 0 spiro atoms. The summed E-state index contributed by atoms with van der Waals surface area (Å²) in [6.07, 6.45) is 0. The van der Waals surface area contributed by atoms with Crippen LogP contribution in [0.2, 0.25) is 0 Å². The third-order valence-electron chi connectivity index (χ3n) is 5.42. The molecule has 0 bridgehead atoms. The Bertz CT molecular complexity index is 1250. The number of nitrogens with zero attached hydrogens (tertiary/aromatic N) is 3. The van der Waals surface area contributed by atoms with E-state index in [9.17, 15) is 4.79 Å². The predicted molar refractivity (Wildman–Crippen MR) is 116 cm³/mol. The molecule has 1 aromatic carbocycles. The summed E-state index contributed by atoms with van der Waals surface area (Å²) in [5.41, 5.74) is 10.7. The Labute approximate surface area is 165 Å². The van der Waals surface area contributed by atoms with Crippen LogP contribution in [-0.2, 0) is 0 Å². The molecule has 1 aliphatic heterocycles. The Morgan fingerprint density at radius 3 is 2.68 bits per heavy atom. The quantitative estimate of drug-likeness (QED) is 0.486. The molecule has 0 amide bonds. The van der Waals surface area contributed by atoms with Gasteiger partial charge < -0.3 is 25.5 Å². The van der Waals surface area contributed by atoms with E-state index in [1.807, 2.05) is 19.1 Å². The maximum Gasteiger partial charge on any atom is 0.261 e. The molecular weight excluding hydrogens is 372 g/mol. The van der Waals surface area contributed by atoms with Crippen molar-refractivity contribution in [1.82, 2.24) is 19.9 Å². The monoisotopic (exact) mass is 394 g/mol. The van der Waals surface area contributed by atoms with Crippen molar-refractivity contribution >= 4 is 44.0 Å². The summed E-state index contributed by atoms with van der Waals surface area (Å²) < 4.78 is 0.894. The Morgan fingerprint density at radius 1 is 1.11 bits per heavy atom. The standard InChI is InChI=1S/C20H22N6OS/c1-11-9-15-18(28-11)17(21)16(20(27)24-15)19-22-13-4-3-12(10-14(13)23-19)26-7-5-25(2)6-8-26/h3-4,9-10H,5-8H2,1-2H3,(H,22,23)(H3,21,24,27). The predicted octanol–water partition coefficient (Wildman–Crippen LogP) is 2.78. The number of hydrogen-bond acceptors (Lipinski definition) is 6. The zero-order chi connectivity index (χ0) is 19.4. The van der Waals surface area contributed by atoms with Gasteiger partial charge in [0.15, 0.2) is 0 Å². The van der Waals surface area contributed by atoms with Crippen LogP contribution in [0.5, 0.6) is 0 Å². The van der Waals surface area contributed by atoms with Gasteiger partial charge in [0.05, 0.1) is 26.9 Å². The highest BCUT2D eigenvalue weighted by Gasteiger charge is 2.19. The van der Waals surface area contributed by atoms with Crippen molar-refractivity contribution < 1.29 is 0 Å². The van der Waals surface area contributed by atoms with Gasteiger partial charge >= 0.3 is 0 Å². The van der Waals surface area contributed by atoms with Gasteiger partial charge in [-0.2, -0.15) is 0 Å². The molecule has 28 heavy (non-hydrogen) atoms. The van der Waals surface area contributed by atoms with E-state index in [2.05, 4.69) is 43.9 Å². The van der Waals surface area contributed by atoms with Crippen molar-refractivity contribution in [3.05, 3.63) is 39.5 Å². The van der Waals surface area contributed by atoms with Gasteiger partial charge in [-0.1, -0.05) is 0 Å². The lowest BCUT2D eigenvalue weighted by Crippen LogP contribution is -2.44. The first kappa shape index (κ1) is 17.3. The Morgan fingerprint density at radius 2 is 1.89 bits per heavy atom. The molecule has 4 heterocycles. The van der Waals surface area contributed by atoms with Gasteiger partial charge in [0.25, 0.3) is 5.56 Å². The molecule has 0 atom stereocenters. The zero-order valence-corrected chi connectivity index (χ0v) is 16.7. The van der Waals surface area contributed by atoms with Crippen LogP contribution in [-0.4, -0.2) is 53.1 Å². The average molecular weight is 395 g/mol. The maximum atomic E-state index is 12.7. The van der Waals surface area contributed by atoms with E-state index in [-0.39, 0.29) is 5.56 Å². The first-order chi connectivity index (χ1) is 13.5. The van der Waals surface area contributed by atoms with Crippen LogP contribution in [0, 0.1) is 6.92 Å². The number of fused-ring (bicyclic) bond motifs is 2. The second kappa shape index (κ2) is 6.35. The summed E-state index contributed by atoms with van der Waals surface area (Å²) in [7, 11) is 2.15. The zero-order valence-electron chi connectivity index (χ0n) is 15.9. The molecule has 0 aliphatic carbocycles. The number of thiophene rings is 1. The molecule has 1 saturated heterocycles. The summed E-state index contributed by atoms with van der Waals surface area (Å²) >= 11 is 1.58. The number of pyridine rings is 1. The fourth-order valence-electron chi connectivity index (χ4n) is 3.84. The minimum Gasteiger partial charge on any atom is -0.397 e. The minimum atomic E-state index is -0.221. The molecule has 0 saturated carbocycles. The van der Waals surface area contributed by atoms with E-state index < -0.39 is 0 Å². The van der Waals surface area contributed by atoms with E-state index in [1.54, 1.807) is 11.3 Å². The molecular formula is C20H22N6OS. The number of nitrogens with two attached hydrogens (primary N) is 1. The third kappa shape index (κ3) is 2.76. The number of piperazine rings is 1. The van der Waals surface area contributed by atoms with Crippen molar-refractivity contribution in [2.75, 3.05) is 43.9 Å². The SMILES string of the molecule is Cc1cc2[nH]c(=O)c(-c3nc4ccc(N5CCN(C)CC5)cc4[nH]3)c(N)c2s1. The molecule has 144 valence electrons. The van der Waals surface area contributed by atoms with Crippen molar-refractivity contribution in [1.29, 1.82) is 0 Å². The van der Waals surface area contributed by atoms with E-state index in [0.29, 0.717) is 17.1 Å². The molecule has 3 aromatic heterocycles. The molecule has 4 aromatic rings. The number of likely N-dealkylation sites (N-methyl/N-ethyl adjacent to an activating group) is 1. The smallest absolute Gasteiger partial charge is 0.261 e. The van der Waals surface area contributed by atoms with Crippen LogP contribution < -0.4 is 16.2 Å². The van der Waals surface area contributed by atoms with Gasteiger partial charge in [-0.3, -0.25) is 4.79 Å². The minimum absolute atomic E-state index is 0.221. The van der Waals surface area contributed by atoms with Gasteiger partial charge in [-0.05, 0) is 38.2 Å². The topological polar surface area (TPSA) is 94.0 Å². The number of H-pyrrole nitrogens is 2. The number of hydrogen-bond donors (Lipinski definition) is 3. The molecule has 5 rings (SSSR count). The summed E-state index contributed by atoms with van der Waals surface area (Å²) in [5.74, 6) is 0.511. The van der Waals surface area contributed by atoms with Crippen LogP contribution in [0.15, 0.2) is 29.1 Å². The first-order valence-corrected chi connectivity index (χ1v) is 10.2. The van der Waals surface area contributed by atoms with Crippen LogP contribution in [0.4, 0.5) is 11.4 Å². The first-order valence-electron chi connectivity index (χ1n) is 9.35. The number of aryl methyl sites for hydroxylation is 1. The number of imidazole rings is 1. The van der Waals surface area contributed by atoms with Crippen molar-refractivity contribution in [3.63, 3.8) is 0 Å². The van der Waals surface area contributed by atoms with Crippen LogP contribution in [0.1, 0.15) is 4.88 Å². The maximum absolute atomic E-state index is 12.7. The number of nitrogen functional groups attached to an aromatic ring is 1. The van der Waals surface area contributed by atoms with Gasteiger partial charge in [-0.25, -0.2) is 4.98 Å². The van der Waals surface area contributed by atoms with E-state index in [4.69, 9.17) is 5.73 Å². The fourth-order valence-corrected chi connectivity index (χ4v) is 4.77. The number of benzene rings is 1. The summed E-state index contributed by atoms with van der Waals surface area (Å²) in [6.45, 7) is 6.12. The highest BCUT2D eigenvalue weighted by atomic mass is 32.1. The Kier molecular flexibility index (Phi) is 3.92. The number of aromatic nitrogens is 3. The van der Waals surface area contributed by atoms with Crippen molar-refractivity contribution in [2.45, 2.75) is 6.92 Å². The van der Waals surface area contributed by atoms with Gasteiger partial charge in [-0.15, -0.1) is 11.3 Å². The Hall–Kier alpha value is -2.84. The number of nitrogens with one attached hydrogen (secondary N) is 2. The normalized spacial score (nSPS) is 15.7. The molecule has 1 fully saturated rings. The highest BCUT2D eigenvalue weighted by Crippen LogP contribution is 2.33. The summed E-state index contributed by atoms with van der Waals surface area (Å²) in [5, 5.41) is 0.